The van der Waals surface area contributed by atoms with Gasteiger partial charge in [-0.25, -0.2) is 0 Å². The van der Waals surface area contributed by atoms with Crippen LogP contribution in [-0.4, -0.2) is 37.1 Å². The number of carbonyl (C=O) groups is 2. The largest absolute Gasteiger partial charge is 0.497 e. The molecule has 0 aliphatic heterocycles. The maximum atomic E-state index is 12.7. The summed E-state index contributed by atoms with van der Waals surface area (Å²) in [6, 6.07) is 7.86. The summed E-state index contributed by atoms with van der Waals surface area (Å²) < 4.78 is 10.4. The number of hydrogen-bond acceptors (Lipinski definition) is 5. The van der Waals surface area contributed by atoms with Gasteiger partial charge in [0.05, 0.1) is 14.2 Å². The van der Waals surface area contributed by atoms with Crippen LogP contribution in [0.25, 0.3) is 0 Å². The third-order valence-corrected chi connectivity index (χ3v) is 4.07. The minimum Gasteiger partial charge on any atom is -0.497 e. The number of carbonyl (C=O) groups excluding carboxylic acids is 2. The molecule has 2 rings (SSSR count). The molecular weight excluding hydrogens is 346 g/mol. The molecule has 7 heteroatoms. The number of aromatic nitrogens is 1. The SMILES string of the molecule is COc1cc(OC)cc(C(=O)NC(C(=O)NCc2ccncc2)C(C)C)c1. The fraction of sp³-hybridized carbons (Fsp3) is 0.350. The topological polar surface area (TPSA) is 89.5 Å². The van der Waals surface area contributed by atoms with Crippen LogP contribution in [-0.2, 0) is 11.3 Å². The van der Waals surface area contributed by atoms with Crippen molar-refractivity contribution in [1.82, 2.24) is 15.6 Å². The molecule has 1 aromatic carbocycles. The Morgan fingerprint density at radius 1 is 1.04 bits per heavy atom. The van der Waals surface area contributed by atoms with E-state index in [0.29, 0.717) is 23.6 Å². The van der Waals surface area contributed by atoms with E-state index in [9.17, 15) is 9.59 Å². The van der Waals surface area contributed by atoms with Crippen molar-refractivity contribution in [2.45, 2.75) is 26.4 Å². The third-order valence-electron chi connectivity index (χ3n) is 4.07. The molecule has 0 aliphatic rings. The standard InChI is InChI=1S/C20H25N3O4/c1-13(2)18(20(25)22-12-14-5-7-21-8-6-14)23-19(24)15-9-16(26-3)11-17(10-15)27-4/h5-11,13,18H,12H2,1-4H3,(H,22,25)(H,23,24). The van der Waals surface area contributed by atoms with Crippen LogP contribution >= 0.6 is 0 Å². The summed E-state index contributed by atoms with van der Waals surface area (Å²) in [5.41, 5.74) is 1.29. The lowest BCUT2D eigenvalue weighted by molar-refractivity contribution is -0.124. The zero-order valence-corrected chi connectivity index (χ0v) is 16.0. The molecule has 1 atom stereocenters. The van der Waals surface area contributed by atoms with E-state index in [2.05, 4.69) is 15.6 Å². The highest BCUT2D eigenvalue weighted by Gasteiger charge is 2.25. The minimum atomic E-state index is -0.670. The molecule has 0 saturated carbocycles. The Hall–Kier alpha value is -3.09. The fourth-order valence-corrected chi connectivity index (χ4v) is 2.50. The average Bonchev–Trinajstić information content (AvgIpc) is 2.70. The highest BCUT2D eigenvalue weighted by molar-refractivity contribution is 5.98. The van der Waals surface area contributed by atoms with Crippen molar-refractivity contribution in [2.75, 3.05) is 14.2 Å². The lowest BCUT2D eigenvalue weighted by atomic mass is 10.0. The summed E-state index contributed by atoms with van der Waals surface area (Å²) in [5.74, 6) is 0.305. The number of rotatable bonds is 8. The first-order valence-electron chi connectivity index (χ1n) is 8.65. The van der Waals surface area contributed by atoms with Crippen LogP contribution < -0.4 is 20.1 Å². The Kier molecular flexibility index (Phi) is 7.16. The van der Waals surface area contributed by atoms with Crippen molar-refractivity contribution in [3.05, 3.63) is 53.9 Å². The first-order chi connectivity index (χ1) is 12.9. The maximum Gasteiger partial charge on any atom is 0.252 e. The molecule has 0 radical (unpaired) electrons. The lowest BCUT2D eigenvalue weighted by Gasteiger charge is -2.22. The second-order valence-electron chi connectivity index (χ2n) is 6.37. The molecule has 1 heterocycles. The van der Waals surface area contributed by atoms with Crippen molar-refractivity contribution in [2.24, 2.45) is 5.92 Å². The van der Waals surface area contributed by atoms with Gasteiger partial charge in [-0.15, -0.1) is 0 Å². The Labute approximate surface area is 159 Å². The predicted octanol–water partition coefficient (Wildman–Crippen LogP) is 2.17. The van der Waals surface area contributed by atoms with Gasteiger partial charge in [0, 0.05) is 30.6 Å². The van der Waals surface area contributed by atoms with Crippen LogP contribution in [0.15, 0.2) is 42.7 Å². The summed E-state index contributed by atoms with van der Waals surface area (Å²) in [4.78, 5) is 29.2. The van der Waals surface area contributed by atoms with E-state index in [1.54, 1.807) is 30.6 Å². The van der Waals surface area contributed by atoms with Crippen LogP contribution in [0.5, 0.6) is 11.5 Å². The molecule has 27 heavy (non-hydrogen) atoms. The van der Waals surface area contributed by atoms with Crippen molar-refractivity contribution in [1.29, 1.82) is 0 Å². The van der Waals surface area contributed by atoms with E-state index in [1.165, 1.54) is 14.2 Å². The molecule has 0 aliphatic carbocycles. The predicted molar refractivity (Wildman–Crippen MR) is 102 cm³/mol. The van der Waals surface area contributed by atoms with Crippen LogP contribution in [0.2, 0.25) is 0 Å². The zero-order chi connectivity index (χ0) is 19.8. The second-order valence-corrected chi connectivity index (χ2v) is 6.37. The highest BCUT2D eigenvalue weighted by Crippen LogP contribution is 2.22. The van der Waals surface area contributed by atoms with Crippen molar-refractivity contribution >= 4 is 11.8 Å². The van der Waals surface area contributed by atoms with Gasteiger partial charge in [0.2, 0.25) is 5.91 Å². The van der Waals surface area contributed by atoms with E-state index in [0.717, 1.165) is 5.56 Å². The van der Waals surface area contributed by atoms with Gasteiger partial charge in [0.25, 0.3) is 5.91 Å². The average molecular weight is 371 g/mol. The summed E-state index contributed by atoms with van der Waals surface area (Å²) in [6.45, 7) is 4.12. The monoisotopic (exact) mass is 371 g/mol. The van der Waals surface area contributed by atoms with E-state index < -0.39 is 6.04 Å². The van der Waals surface area contributed by atoms with Gasteiger partial charge in [-0.2, -0.15) is 0 Å². The Balaban J connectivity index is 2.08. The third kappa shape index (κ3) is 5.70. The van der Waals surface area contributed by atoms with E-state index in [1.807, 2.05) is 26.0 Å². The first kappa shape index (κ1) is 20.2. The molecule has 0 spiro atoms. The molecule has 2 aromatic rings. The lowest BCUT2D eigenvalue weighted by Crippen LogP contribution is -2.49. The molecular formula is C20H25N3O4. The summed E-state index contributed by atoms with van der Waals surface area (Å²) >= 11 is 0. The normalized spacial score (nSPS) is 11.6. The summed E-state index contributed by atoms with van der Waals surface area (Å²) in [7, 11) is 3.03. The molecule has 2 amide bonds. The molecule has 1 aromatic heterocycles. The van der Waals surface area contributed by atoms with Crippen molar-refractivity contribution in [3.63, 3.8) is 0 Å². The number of methoxy groups -OCH3 is 2. The number of nitrogens with zero attached hydrogens (tertiary/aromatic N) is 1. The fourth-order valence-electron chi connectivity index (χ4n) is 2.50. The summed E-state index contributed by atoms with van der Waals surface area (Å²) in [6.07, 6.45) is 3.33. The van der Waals surface area contributed by atoms with Crippen LogP contribution in [0.4, 0.5) is 0 Å². The van der Waals surface area contributed by atoms with Gasteiger partial charge < -0.3 is 20.1 Å². The molecule has 0 bridgehead atoms. The molecule has 2 N–H and O–H groups in total. The van der Waals surface area contributed by atoms with E-state index in [-0.39, 0.29) is 17.7 Å². The number of benzene rings is 1. The van der Waals surface area contributed by atoms with E-state index >= 15 is 0 Å². The summed E-state index contributed by atoms with van der Waals surface area (Å²) in [5, 5.41) is 5.65. The number of hydrogen-bond donors (Lipinski definition) is 2. The Bertz CT molecular complexity index is 756. The Morgan fingerprint density at radius 3 is 2.15 bits per heavy atom. The molecule has 0 fully saturated rings. The van der Waals surface area contributed by atoms with Gasteiger partial charge in [0.15, 0.2) is 0 Å². The maximum absolute atomic E-state index is 12.7. The highest BCUT2D eigenvalue weighted by atomic mass is 16.5. The number of pyridine rings is 1. The zero-order valence-electron chi connectivity index (χ0n) is 16.0. The van der Waals surface area contributed by atoms with Crippen LogP contribution in [0.3, 0.4) is 0 Å². The second kappa shape index (κ2) is 9.56. The molecule has 1 unspecified atom stereocenters. The van der Waals surface area contributed by atoms with Gasteiger partial charge >= 0.3 is 0 Å². The molecule has 144 valence electrons. The molecule has 0 saturated heterocycles. The van der Waals surface area contributed by atoms with Gasteiger partial charge in [-0.3, -0.25) is 14.6 Å². The Morgan fingerprint density at radius 2 is 1.63 bits per heavy atom. The van der Waals surface area contributed by atoms with Crippen molar-refractivity contribution < 1.29 is 19.1 Å². The number of nitrogens with one attached hydrogen (secondary N) is 2. The quantitative estimate of drug-likeness (QED) is 0.742. The van der Waals surface area contributed by atoms with E-state index in [4.69, 9.17) is 9.47 Å². The number of amides is 2. The van der Waals surface area contributed by atoms with Gasteiger partial charge in [-0.05, 0) is 35.7 Å². The van der Waals surface area contributed by atoms with Gasteiger partial charge in [0.1, 0.15) is 17.5 Å². The van der Waals surface area contributed by atoms with Crippen LogP contribution in [0, 0.1) is 5.92 Å². The molecule has 7 nitrogen and oxygen atoms in total. The van der Waals surface area contributed by atoms with Crippen LogP contribution in [0.1, 0.15) is 29.8 Å². The smallest absolute Gasteiger partial charge is 0.252 e. The van der Waals surface area contributed by atoms with Crippen molar-refractivity contribution in [3.8, 4) is 11.5 Å². The van der Waals surface area contributed by atoms with Gasteiger partial charge in [-0.1, -0.05) is 13.8 Å². The minimum absolute atomic E-state index is 0.0844. The number of ether oxygens (including phenoxy) is 2. The first-order valence-corrected chi connectivity index (χ1v) is 8.65.